The molecule has 4 fully saturated rings. The molecule has 3 aliphatic heterocycles. The van der Waals surface area contributed by atoms with E-state index in [2.05, 4.69) is 38.8 Å². The number of aromatic nitrogens is 3. The molecule has 10 nitrogen and oxygen atoms in total. The zero-order valence-corrected chi connectivity index (χ0v) is 28.0. The monoisotopic (exact) mass is 677 g/mol. The molecule has 5 heterocycles. The number of anilines is 1. The third kappa shape index (κ3) is 5.34. The summed E-state index contributed by atoms with van der Waals surface area (Å²) in [7, 11) is 2.05. The summed E-state index contributed by atoms with van der Waals surface area (Å²) < 4.78 is 38.2. The largest absolute Gasteiger partial charge is 0.508 e. The van der Waals surface area contributed by atoms with Crippen LogP contribution in [0.3, 0.4) is 0 Å². The van der Waals surface area contributed by atoms with Gasteiger partial charge in [0, 0.05) is 54.8 Å². The normalized spacial score (nSPS) is 23.4. The smallest absolute Gasteiger partial charge is 0.319 e. The number of amides is 1. The van der Waals surface area contributed by atoms with Gasteiger partial charge < -0.3 is 19.6 Å². The summed E-state index contributed by atoms with van der Waals surface area (Å²) in [6.07, 6.45) is 11.4. The van der Waals surface area contributed by atoms with Gasteiger partial charge in [-0.05, 0) is 76.2 Å². The molecule has 2 aromatic heterocycles. The number of halogens is 2. The Morgan fingerprint density at radius 2 is 2.00 bits per heavy atom. The lowest BCUT2D eigenvalue weighted by Gasteiger charge is -2.55. The first-order valence-electron chi connectivity index (χ1n) is 17.2. The molecule has 1 saturated carbocycles. The minimum Gasteiger partial charge on any atom is -0.508 e. The molecule has 2 aromatic carbocycles. The predicted octanol–water partition coefficient (Wildman–Crippen LogP) is 5.26. The Hall–Kier alpha value is -5.07. The first-order valence-corrected chi connectivity index (χ1v) is 17.2. The number of fused-ring (bicyclic) bond motifs is 2. The van der Waals surface area contributed by atoms with E-state index in [0.717, 1.165) is 32.2 Å². The molecule has 4 atom stereocenters. The molecular formula is C38H37F2N7O3. The van der Waals surface area contributed by atoms with Crippen LogP contribution in [-0.2, 0) is 4.79 Å². The summed E-state index contributed by atoms with van der Waals surface area (Å²) in [5, 5.41) is 20.9. The van der Waals surface area contributed by atoms with Gasteiger partial charge in [0.2, 0.25) is 5.91 Å². The number of nitrogens with zero attached hydrogens (tertiary/aromatic N) is 7. The average Bonchev–Trinajstić information content (AvgIpc) is 3.77. The number of phenolic OH excluding ortho intramolecular Hbond substituents is 1. The maximum absolute atomic E-state index is 17.0. The van der Waals surface area contributed by atoms with Crippen LogP contribution in [0.5, 0.6) is 11.8 Å². The molecule has 3 saturated heterocycles. The third-order valence-corrected chi connectivity index (χ3v) is 11.1. The third-order valence-electron chi connectivity index (χ3n) is 11.1. The number of rotatable bonds is 6. The first-order chi connectivity index (χ1) is 24.1. The van der Waals surface area contributed by atoms with Gasteiger partial charge in [0.15, 0.2) is 5.82 Å². The van der Waals surface area contributed by atoms with Gasteiger partial charge >= 0.3 is 6.01 Å². The Labute approximate surface area is 288 Å². The number of carbonyl (C=O) groups excluding carboxylic acids is 1. The van der Waals surface area contributed by atoms with E-state index >= 15 is 4.39 Å². The fourth-order valence-electron chi connectivity index (χ4n) is 8.44. The zero-order valence-electron chi connectivity index (χ0n) is 28.0. The van der Waals surface area contributed by atoms with E-state index in [1.807, 2.05) is 11.8 Å². The van der Waals surface area contributed by atoms with Crippen LogP contribution in [0.15, 0.2) is 30.5 Å². The van der Waals surface area contributed by atoms with Crippen molar-refractivity contribution < 1.29 is 23.4 Å². The Balaban J connectivity index is 1.20. The fourth-order valence-corrected chi connectivity index (χ4v) is 8.44. The van der Waals surface area contributed by atoms with Crippen molar-refractivity contribution in [3.8, 4) is 41.4 Å². The van der Waals surface area contributed by atoms with Crippen LogP contribution in [0.4, 0.5) is 14.6 Å². The molecule has 0 radical (unpaired) electrons. The number of benzene rings is 2. The molecule has 1 amide bonds. The minimum absolute atomic E-state index is 0.0153. The second-order valence-corrected chi connectivity index (χ2v) is 14.5. The number of nitriles is 1. The van der Waals surface area contributed by atoms with Crippen LogP contribution >= 0.6 is 0 Å². The van der Waals surface area contributed by atoms with Crippen molar-refractivity contribution in [2.75, 3.05) is 44.7 Å². The molecule has 50 heavy (non-hydrogen) atoms. The second kappa shape index (κ2) is 12.1. The van der Waals surface area contributed by atoms with E-state index in [-0.39, 0.29) is 74.8 Å². The molecule has 1 N–H and O–H groups in total. The Morgan fingerprint density at radius 1 is 1.18 bits per heavy atom. The van der Waals surface area contributed by atoms with Crippen molar-refractivity contribution in [3.63, 3.8) is 0 Å². The Morgan fingerprint density at radius 3 is 2.72 bits per heavy atom. The molecule has 1 unspecified atom stereocenters. The first kappa shape index (κ1) is 32.2. The molecule has 8 rings (SSSR count). The lowest BCUT2D eigenvalue weighted by molar-refractivity contribution is -0.145. The number of likely N-dealkylation sites (N-methyl/N-ethyl adjacent to an activating group) is 1. The van der Waals surface area contributed by atoms with Crippen LogP contribution in [0, 0.1) is 52.6 Å². The van der Waals surface area contributed by atoms with Crippen molar-refractivity contribution in [3.05, 3.63) is 47.7 Å². The minimum atomic E-state index is -0.774. The van der Waals surface area contributed by atoms with Crippen LogP contribution in [0.2, 0.25) is 0 Å². The van der Waals surface area contributed by atoms with Crippen molar-refractivity contribution >= 4 is 33.4 Å². The summed E-state index contributed by atoms with van der Waals surface area (Å²) in [6, 6.07) is 7.86. The predicted molar refractivity (Wildman–Crippen MR) is 183 cm³/mol. The average molecular weight is 678 g/mol. The van der Waals surface area contributed by atoms with E-state index in [9.17, 15) is 19.6 Å². The van der Waals surface area contributed by atoms with Crippen molar-refractivity contribution in [1.82, 2.24) is 24.8 Å². The number of piperidine rings is 1. The number of phenols is 1. The topological polar surface area (TPSA) is 119 Å². The van der Waals surface area contributed by atoms with E-state index in [1.54, 1.807) is 0 Å². The maximum Gasteiger partial charge on any atom is 0.319 e. The molecule has 1 aliphatic carbocycles. The maximum atomic E-state index is 17.0. The number of terminal acetylenes is 1. The molecule has 12 heteroatoms. The number of carbonyl (C=O) groups is 1. The number of hydrogen-bond acceptors (Lipinski definition) is 9. The molecule has 256 valence electrons. The lowest BCUT2D eigenvalue weighted by Crippen LogP contribution is -2.64. The Kier molecular flexibility index (Phi) is 7.76. The van der Waals surface area contributed by atoms with Crippen LogP contribution in [0.25, 0.3) is 32.9 Å². The summed E-state index contributed by atoms with van der Waals surface area (Å²) in [5.74, 6) is 0.984. The highest BCUT2D eigenvalue weighted by atomic mass is 19.1. The van der Waals surface area contributed by atoms with Crippen LogP contribution in [0.1, 0.15) is 44.6 Å². The summed E-state index contributed by atoms with van der Waals surface area (Å²) in [6.45, 7) is 5.38. The SMILES string of the molecule is C#Cc1c(F)ccc2cc(O)cc(-c3ncc4c(N5CCCC6(CN(C(=O)[C@@H]7C[C@H]7C#N)C6)C5)nc(O[C@@H](C)C5CCCN5C)nc4c3F)c12. The molecule has 0 bridgehead atoms. The fraction of sp³-hybridized carbons (Fsp3) is 0.447. The van der Waals surface area contributed by atoms with Crippen LogP contribution < -0.4 is 9.64 Å². The number of pyridine rings is 1. The van der Waals surface area contributed by atoms with Gasteiger partial charge in [0.25, 0.3) is 0 Å². The highest BCUT2D eigenvalue weighted by molar-refractivity contribution is 6.03. The molecule has 1 spiro atoms. The lowest BCUT2D eigenvalue weighted by atomic mass is 9.73. The molecule has 4 aromatic rings. The van der Waals surface area contributed by atoms with Gasteiger partial charge in [0.05, 0.1) is 28.9 Å². The highest BCUT2D eigenvalue weighted by Gasteiger charge is 2.53. The summed E-state index contributed by atoms with van der Waals surface area (Å²) in [4.78, 5) is 33.2. The highest BCUT2D eigenvalue weighted by Crippen LogP contribution is 2.46. The van der Waals surface area contributed by atoms with Gasteiger partial charge in [-0.3, -0.25) is 14.7 Å². The molecule has 4 aliphatic rings. The summed E-state index contributed by atoms with van der Waals surface area (Å²) >= 11 is 0. The van der Waals surface area contributed by atoms with Gasteiger partial charge in [-0.15, -0.1) is 6.42 Å². The summed E-state index contributed by atoms with van der Waals surface area (Å²) in [5.41, 5.74) is -0.222. The van der Waals surface area contributed by atoms with Gasteiger partial charge in [-0.1, -0.05) is 12.0 Å². The quantitative estimate of drug-likeness (QED) is 0.273. The van der Waals surface area contributed by atoms with Gasteiger partial charge in [-0.2, -0.15) is 15.2 Å². The molecular weight excluding hydrogens is 640 g/mol. The number of ether oxygens (including phenoxy) is 1. The zero-order chi connectivity index (χ0) is 34.9. The standard InChI is InChI=1S/C38H37F2N7O3/c1-4-25-29(39)9-8-22-13-24(48)15-27(31(22)25)33-32(40)34-28(17-42-33)35(44-37(43-34)50-21(2)30-7-5-11-45(30)3)46-12-6-10-38(18-46)19-47(20-38)36(49)26-14-23(26)16-41/h1,8-9,13,15,17,21,23,26,30,48H,5-7,10-12,14,18-20H2,2-3H3/t21-,23-,26+,30?/m0/s1. The van der Waals surface area contributed by atoms with Crippen LogP contribution in [-0.4, -0.2) is 87.7 Å². The second-order valence-electron chi connectivity index (χ2n) is 14.5. The number of hydrogen-bond donors (Lipinski definition) is 1. The van der Waals surface area contributed by atoms with Gasteiger partial charge in [0.1, 0.15) is 34.7 Å². The number of aromatic hydroxyl groups is 1. The van der Waals surface area contributed by atoms with Gasteiger partial charge in [-0.25, -0.2) is 8.78 Å². The Bertz CT molecular complexity index is 2140. The van der Waals surface area contributed by atoms with Crippen molar-refractivity contribution in [1.29, 1.82) is 5.26 Å². The van der Waals surface area contributed by atoms with Crippen molar-refractivity contribution in [2.45, 2.75) is 51.2 Å². The van der Waals surface area contributed by atoms with E-state index < -0.39 is 11.6 Å². The van der Waals surface area contributed by atoms with E-state index in [4.69, 9.17) is 16.1 Å². The van der Waals surface area contributed by atoms with E-state index in [0.29, 0.717) is 49.2 Å². The van der Waals surface area contributed by atoms with E-state index in [1.165, 1.54) is 30.5 Å². The number of likely N-dealkylation sites (tertiary alicyclic amines) is 2. The van der Waals surface area contributed by atoms with Crippen molar-refractivity contribution in [2.24, 2.45) is 17.3 Å².